The molecule has 1 aliphatic rings. The lowest BCUT2D eigenvalue weighted by molar-refractivity contribution is -0.117. The molecule has 7 nitrogen and oxygen atoms in total. The third-order valence-electron chi connectivity index (χ3n) is 6.40. The van der Waals surface area contributed by atoms with Crippen LogP contribution in [-0.2, 0) is 4.79 Å². The topological polar surface area (TPSA) is 99.4 Å². The number of thiophene rings is 1. The molecule has 3 N–H and O–H groups in total. The van der Waals surface area contributed by atoms with Crippen molar-refractivity contribution in [2.75, 3.05) is 5.32 Å². The highest BCUT2D eigenvalue weighted by Crippen LogP contribution is 2.36. The summed E-state index contributed by atoms with van der Waals surface area (Å²) in [6, 6.07) is 16.6. The molecule has 0 aliphatic heterocycles. The predicted octanol–water partition coefficient (Wildman–Crippen LogP) is 6.25. The van der Waals surface area contributed by atoms with E-state index in [0.29, 0.717) is 5.69 Å². The van der Waals surface area contributed by atoms with Crippen molar-refractivity contribution in [2.24, 2.45) is 5.92 Å². The van der Waals surface area contributed by atoms with Gasteiger partial charge in [0.1, 0.15) is 5.69 Å². The number of hydrogen-bond donors (Lipinski definition) is 3. The number of nitrogens with one attached hydrogen (secondary N) is 3. The molecule has 5 heterocycles. The van der Waals surface area contributed by atoms with Crippen LogP contribution >= 0.6 is 11.3 Å². The van der Waals surface area contributed by atoms with Crippen LogP contribution < -0.4 is 5.32 Å². The van der Waals surface area contributed by atoms with E-state index < -0.39 is 0 Å². The fourth-order valence-corrected chi connectivity index (χ4v) is 5.21. The maximum absolute atomic E-state index is 12.2. The lowest BCUT2D eigenvalue weighted by Crippen LogP contribution is -2.13. The second kappa shape index (κ2) is 7.89. The van der Waals surface area contributed by atoms with Crippen molar-refractivity contribution in [2.45, 2.75) is 12.8 Å². The van der Waals surface area contributed by atoms with Gasteiger partial charge in [-0.3, -0.25) is 19.9 Å². The zero-order valence-electron chi connectivity index (χ0n) is 18.6. The molecule has 0 unspecified atom stereocenters. The minimum Gasteiger partial charge on any atom is -0.353 e. The number of H-pyrrole nitrogens is 2. The normalized spacial score (nSPS) is 13.5. The molecule has 0 atom stereocenters. The maximum Gasteiger partial charge on any atom is 0.227 e. The summed E-state index contributed by atoms with van der Waals surface area (Å²) in [6.45, 7) is 0. The van der Waals surface area contributed by atoms with Gasteiger partial charge in [-0.2, -0.15) is 5.10 Å². The van der Waals surface area contributed by atoms with Gasteiger partial charge in [-0.05, 0) is 48.6 Å². The van der Waals surface area contributed by atoms with Crippen molar-refractivity contribution in [1.29, 1.82) is 0 Å². The SMILES string of the molecule is O=C(Nc1cncc(-c2cc3c(-c4cc5c(-c6cccs6)cccc5[nH]4)n[nH]c3cn2)c1)C1CC1. The van der Waals surface area contributed by atoms with Gasteiger partial charge in [0.25, 0.3) is 0 Å². The minimum absolute atomic E-state index is 0.0604. The molecule has 7 rings (SSSR count). The van der Waals surface area contributed by atoms with E-state index in [1.807, 2.05) is 12.1 Å². The molecule has 8 heteroatoms. The van der Waals surface area contributed by atoms with E-state index in [9.17, 15) is 4.79 Å². The Bertz CT molecular complexity index is 1710. The van der Waals surface area contributed by atoms with Crippen LogP contribution in [0.2, 0.25) is 0 Å². The lowest BCUT2D eigenvalue weighted by atomic mass is 10.1. The molecule has 35 heavy (non-hydrogen) atoms. The number of aromatic nitrogens is 5. The predicted molar refractivity (Wildman–Crippen MR) is 139 cm³/mol. The third kappa shape index (κ3) is 3.59. The van der Waals surface area contributed by atoms with Crippen molar-refractivity contribution in [3.8, 4) is 33.1 Å². The van der Waals surface area contributed by atoms with Crippen LogP contribution in [0.3, 0.4) is 0 Å². The number of pyridine rings is 2. The van der Waals surface area contributed by atoms with Crippen molar-refractivity contribution in [3.05, 3.63) is 72.5 Å². The van der Waals surface area contributed by atoms with Gasteiger partial charge in [0.2, 0.25) is 5.91 Å². The largest absolute Gasteiger partial charge is 0.353 e. The van der Waals surface area contributed by atoms with Gasteiger partial charge < -0.3 is 10.3 Å². The van der Waals surface area contributed by atoms with Crippen LogP contribution in [0.25, 0.3) is 54.9 Å². The van der Waals surface area contributed by atoms with Crippen LogP contribution in [0.5, 0.6) is 0 Å². The van der Waals surface area contributed by atoms with Gasteiger partial charge in [-0.1, -0.05) is 18.2 Å². The van der Waals surface area contributed by atoms with E-state index in [-0.39, 0.29) is 11.8 Å². The molecule has 170 valence electrons. The third-order valence-corrected chi connectivity index (χ3v) is 7.31. The second-order valence-electron chi connectivity index (χ2n) is 8.84. The van der Waals surface area contributed by atoms with Crippen molar-refractivity contribution >= 4 is 44.7 Å². The van der Waals surface area contributed by atoms with Crippen molar-refractivity contribution < 1.29 is 4.79 Å². The Morgan fingerprint density at radius 1 is 1.00 bits per heavy atom. The highest BCUT2D eigenvalue weighted by atomic mass is 32.1. The molecule has 0 spiro atoms. The number of fused-ring (bicyclic) bond motifs is 2. The first kappa shape index (κ1) is 20.1. The lowest BCUT2D eigenvalue weighted by Gasteiger charge is -2.06. The van der Waals surface area contributed by atoms with Crippen molar-refractivity contribution in [1.82, 2.24) is 25.1 Å². The van der Waals surface area contributed by atoms with Gasteiger partial charge in [0, 0.05) is 44.4 Å². The number of amides is 1. The minimum atomic E-state index is 0.0604. The van der Waals surface area contributed by atoms with E-state index in [0.717, 1.165) is 51.9 Å². The van der Waals surface area contributed by atoms with E-state index in [2.05, 4.69) is 72.2 Å². The van der Waals surface area contributed by atoms with Crippen LogP contribution in [-0.4, -0.2) is 31.1 Å². The molecule has 1 fully saturated rings. The molecule has 1 amide bonds. The number of rotatable bonds is 5. The molecule has 6 aromatic rings. The summed E-state index contributed by atoms with van der Waals surface area (Å²) in [5.41, 5.74) is 7.20. The molecule has 1 aliphatic carbocycles. The van der Waals surface area contributed by atoms with Crippen molar-refractivity contribution in [3.63, 3.8) is 0 Å². The van der Waals surface area contributed by atoms with Gasteiger partial charge in [0.15, 0.2) is 0 Å². The molecule has 0 saturated heterocycles. The van der Waals surface area contributed by atoms with E-state index >= 15 is 0 Å². The monoisotopic (exact) mass is 476 g/mol. The fraction of sp³-hybridized carbons (Fsp3) is 0.111. The van der Waals surface area contributed by atoms with Gasteiger partial charge in [-0.15, -0.1) is 11.3 Å². The average molecular weight is 477 g/mol. The van der Waals surface area contributed by atoms with E-state index in [1.165, 1.54) is 15.8 Å². The Balaban J connectivity index is 1.29. The molecular formula is C27H20N6OS. The number of benzene rings is 1. The zero-order chi connectivity index (χ0) is 23.4. The Morgan fingerprint density at radius 2 is 1.94 bits per heavy atom. The smallest absolute Gasteiger partial charge is 0.227 e. The van der Waals surface area contributed by atoms with Crippen LogP contribution in [0.4, 0.5) is 5.69 Å². The molecule has 1 aromatic carbocycles. The van der Waals surface area contributed by atoms with E-state index in [1.54, 1.807) is 29.9 Å². The molecule has 5 aromatic heterocycles. The number of anilines is 1. The summed E-state index contributed by atoms with van der Waals surface area (Å²) < 4.78 is 0. The van der Waals surface area contributed by atoms with Crippen LogP contribution in [0.1, 0.15) is 12.8 Å². The van der Waals surface area contributed by atoms with E-state index in [4.69, 9.17) is 0 Å². The average Bonchev–Trinajstić information content (AvgIpc) is 3.26. The summed E-state index contributed by atoms with van der Waals surface area (Å²) in [4.78, 5) is 25.9. The number of carbonyl (C=O) groups is 1. The summed E-state index contributed by atoms with van der Waals surface area (Å²) in [5, 5.41) is 14.9. The Kier molecular flexibility index (Phi) is 4.53. The summed E-state index contributed by atoms with van der Waals surface area (Å²) in [5.74, 6) is 0.198. The van der Waals surface area contributed by atoms with Gasteiger partial charge in [0.05, 0.1) is 35.0 Å². The number of aromatic amines is 2. The van der Waals surface area contributed by atoms with Gasteiger partial charge in [-0.25, -0.2) is 0 Å². The summed E-state index contributed by atoms with van der Waals surface area (Å²) >= 11 is 1.73. The fourth-order valence-electron chi connectivity index (χ4n) is 4.45. The highest BCUT2D eigenvalue weighted by Gasteiger charge is 2.29. The number of hydrogen-bond acceptors (Lipinski definition) is 5. The standard InChI is InChI=1S/C27H20N6OS/c34-27(15-6-7-15)30-17-9-16(12-28-13-17)22-11-20-24(14-29-22)32-33-26(20)23-10-19-18(25-5-2-8-35-25)3-1-4-21(19)31-23/h1-5,8-15,31H,6-7H2,(H,30,34)(H,32,33). The quantitative estimate of drug-likeness (QED) is 0.274. The Labute approximate surface area is 204 Å². The summed E-state index contributed by atoms with van der Waals surface area (Å²) in [6.07, 6.45) is 7.14. The van der Waals surface area contributed by atoms with Crippen LogP contribution in [0, 0.1) is 5.92 Å². The second-order valence-corrected chi connectivity index (χ2v) is 9.79. The maximum atomic E-state index is 12.2. The molecule has 1 saturated carbocycles. The number of nitrogens with zero attached hydrogens (tertiary/aromatic N) is 3. The zero-order valence-corrected chi connectivity index (χ0v) is 19.4. The Hall–Kier alpha value is -4.30. The molecular weight excluding hydrogens is 456 g/mol. The molecule has 0 bridgehead atoms. The first-order chi connectivity index (χ1) is 17.2. The molecule has 0 radical (unpaired) electrons. The first-order valence-corrected chi connectivity index (χ1v) is 12.4. The van der Waals surface area contributed by atoms with Crippen LogP contribution in [0.15, 0.2) is 72.5 Å². The van der Waals surface area contributed by atoms with Gasteiger partial charge >= 0.3 is 0 Å². The Morgan fingerprint density at radius 3 is 2.80 bits per heavy atom. The number of carbonyl (C=O) groups excluding carboxylic acids is 1. The highest BCUT2D eigenvalue weighted by molar-refractivity contribution is 7.13. The summed E-state index contributed by atoms with van der Waals surface area (Å²) in [7, 11) is 0. The first-order valence-electron chi connectivity index (χ1n) is 11.5.